The zero-order chi connectivity index (χ0) is 21.6. The lowest BCUT2D eigenvalue weighted by Crippen LogP contribution is -2.50. The molecule has 0 heterocycles. The highest BCUT2D eigenvalue weighted by Gasteiger charge is 2.23. The fraction of sp³-hybridized carbons (Fsp3) is 0.263. The van der Waals surface area contributed by atoms with Crippen LogP contribution in [-0.4, -0.2) is 18.0 Å². The number of anilines is 2. The molecule has 0 bridgehead atoms. The van der Waals surface area contributed by atoms with Crippen LogP contribution in [0.25, 0.3) is 0 Å². The van der Waals surface area contributed by atoms with Crippen molar-refractivity contribution in [2.75, 3.05) is 10.7 Å². The van der Waals surface area contributed by atoms with Crippen molar-refractivity contribution in [3.8, 4) is 0 Å². The van der Waals surface area contributed by atoms with E-state index < -0.39 is 35.3 Å². The zero-order valence-electron chi connectivity index (χ0n) is 15.7. The number of hydrogen-bond acceptors (Lipinski definition) is 3. The molecule has 0 aliphatic rings. The van der Waals surface area contributed by atoms with Crippen LogP contribution >= 0.6 is 23.2 Å². The minimum atomic E-state index is -0.969. The first-order valence-electron chi connectivity index (χ1n) is 8.69. The van der Waals surface area contributed by atoms with Gasteiger partial charge in [0, 0.05) is 5.02 Å². The number of hydrogen-bond donors (Lipinski definition) is 4. The van der Waals surface area contributed by atoms with Gasteiger partial charge in [-0.1, -0.05) is 43.1 Å². The molecule has 0 fully saturated rings. The Hall–Kier alpha value is -2.58. The molecule has 0 radical (unpaired) electrons. The van der Waals surface area contributed by atoms with E-state index in [2.05, 4.69) is 21.5 Å². The van der Waals surface area contributed by atoms with E-state index >= 15 is 0 Å². The van der Waals surface area contributed by atoms with E-state index in [1.54, 1.807) is 12.1 Å². The quantitative estimate of drug-likeness (QED) is 0.455. The summed E-state index contributed by atoms with van der Waals surface area (Å²) in [6.45, 7) is 3.72. The summed E-state index contributed by atoms with van der Waals surface area (Å²) < 4.78 is 27.4. The number of amides is 3. The van der Waals surface area contributed by atoms with Gasteiger partial charge in [-0.05, 0) is 42.7 Å². The fourth-order valence-electron chi connectivity index (χ4n) is 2.43. The van der Waals surface area contributed by atoms with Crippen molar-refractivity contribution in [3.05, 3.63) is 58.1 Å². The molecule has 2 rings (SSSR count). The van der Waals surface area contributed by atoms with Crippen molar-refractivity contribution in [2.24, 2.45) is 5.92 Å². The standard InChI is InChI=1S/C19H20Cl2F2N4O2/c1-10(2)8-16(18(28)27-26-15-7-6-11(20)9-12(15)21)24-19(29)25-17-13(22)4-3-5-14(17)23/h3-7,9-10,16,26H,8H2,1-2H3,(H,27,28)(H2,24,25,29). The molecule has 1 atom stereocenters. The third-order valence-corrected chi connectivity index (χ3v) is 4.33. The van der Waals surface area contributed by atoms with Gasteiger partial charge in [-0.2, -0.15) is 0 Å². The molecule has 0 spiro atoms. The molecule has 0 aliphatic carbocycles. The largest absolute Gasteiger partial charge is 0.326 e. The average Bonchev–Trinajstić information content (AvgIpc) is 2.63. The number of carbonyl (C=O) groups excluding carboxylic acids is 2. The lowest BCUT2D eigenvalue weighted by molar-refractivity contribution is -0.122. The summed E-state index contributed by atoms with van der Waals surface area (Å²) >= 11 is 11.9. The van der Waals surface area contributed by atoms with E-state index in [0.29, 0.717) is 15.7 Å². The van der Waals surface area contributed by atoms with Gasteiger partial charge in [-0.25, -0.2) is 13.6 Å². The van der Waals surface area contributed by atoms with Crippen LogP contribution in [0.1, 0.15) is 20.3 Å². The molecule has 0 aromatic heterocycles. The summed E-state index contributed by atoms with van der Waals surface area (Å²) in [5, 5.41) is 5.24. The Morgan fingerprint density at radius 2 is 1.72 bits per heavy atom. The monoisotopic (exact) mass is 444 g/mol. The van der Waals surface area contributed by atoms with Crippen LogP contribution in [0, 0.1) is 17.6 Å². The predicted octanol–water partition coefficient (Wildman–Crippen LogP) is 4.95. The highest BCUT2D eigenvalue weighted by Crippen LogP contribution is 2.24. The summed E-state index contributed by atoms with van der Waals surface area (Å²) in [6, 6.07) is 5.97. The zero-order valence-corrected chi connectivity index (χ0v) is 17.2. The maximum absolute atomic E-state index is 13.7. The maximum Gasteiger partial charge on any atom is 0.320 e. The number of rotatable bonds is 7. The number of urea groups is 1. The molecule has 156 valence electrons. The summed E-state index contributed by atoms with van der Waals surface area (Å²) in [5.74, 6) is -2.36. The second-order valence-electron chi connectivity index (χ2n) is 6.62. The Balaban J connectivity index is 2.03. The third-order valence-electron chi connectivity index (χ3n) is 3.78. The topological polar surface area (TPSA) is 82.3 Å². The summed E-state index contributed by atoms with van der Waals surface area (Å²) in [4.78, 5) is 24.7. The lowest BCUT2D eigenvalue weighted by atomic mass is 10.0. The number of halogens is 4. The van der Waals surface area contributed by atoms with Gasteiger partial charge in [0.05, 0.1) is 10.7 Å². The van der Waals surface area contributed by atoms with Crippen LogP contribution < -0.4 is 21.5 Å². The highest BCUT2D eigenvalue weighted by molar-refractivity contribution is 6.36. The second-order valence-corrected chi connectivity index (χ2v) is 7.46. The smallest absolute Gasteiger partial charge is 0.320 e. The van der Waals surface area contributed by atoms with Gasteiger partial charge in [0.15, 0.2) is 0 Å². The Morgan fingerprint density at radius 3 is 2.31 bits per heavy atom. The van der Waals surface area contributed by atoms with Gasteiger partial charge in [0.25, 0.3) is 5.91 Å². The molecule has 1 unspecified atom stereocenters. The molecule has 10 heteroatoms. The Kier molecular flexibility index (Phi) is 8.04. The summed E-state index contributed by atoms with van der Waals surface area (Å²) in [7, 11) is 0. The number of nitrogens with one attached hydrogen (secondary N) is 4. The molecule has 4 N–H and O–H groups in total. The fourth-order valence-corrected chi connectivity index (χ4v) is 2.89. The molecule has 3 amide bonds. The van der Waals surface area contributed by atoms with Crippen LogP contribution in [0.3, 0.4) is 0 Å². The van der Waals surface area contributed by atoms with E-state index in [4.69, 9.17) is 23.2 Å². The molecule has 6 nitrogen and oxygen atoms in total. The molecule has 2 aromatic rings. The van der Waals surface area contributed by atoms with Crippen LogP contribution in [0.2, 0.25) is 10.0 Å². The maximum atomic E-state index is 13.7. The van der Waals surface area contributed by atoms with Crippen LogP contribution in [0.5, 0.6) is 0 Å². The first-order valence-corrected chi connectivity index (χ1v) is 9.45. The van der Waals surface area contributed by atoms with Gasteiger partial charge in [-0.15, -0.1) is 0 Å². The van der Waals surface area contributed by atoms with Gasteiger partial charge < -0.3 is 10.6 Å². The van der Waals surface area contributed by atoms with Crippen molar-refractivity contribution in [3.63, 3.8) is 0 Å². The first kappa shape index (κ1) is 22.7. The van der Waals surface area contributed by atoms with Crippen molar-refractivity contribution in [2.45, 2.75) is 26.3 Å². The van der Waals surface area contributed by atoms with Crippen molar-refractivity contribution < 1.29 is 18.4 Å². The van der Waals surface area contributed by atoms with Crippen molar-refractivity contribution in [1.29, 1.82) is 0 Å². The second kappa shape index (κ2) is 10.3. The minimum Gasteiger partial charge on any atom is -0.326 e. The summed E-state index contributed by atoms with van der Waals surface area (Å²) in [6.07, 6.45) is 0.287. The molecule has 0 aliphatic heterocycles. The Morgan fingerprint density at radius 1 is 1.07 bits per heavy atom. The third kappa shape index (κ3) is 6.76. The van der Waals surface area contributed by atoms with E-state index in [-0.39, 0.29) is 12.3 Å². The van der Waals surface area contributed by atoms with E-state index in [1.165, 1.54) is 12.1 Å². The first-order chi connectivity index (χ1) is 13.7. The van der Waals surface area contributed by atoms with Crippen LogP contribution in [-0.2, 0) is 4.79 Å². The highest BCUT2D eigenvalue weighted by atomic mass is 35.5. The molecular formula is C19H20Cl2F2N4O2. The van der Waals surface area contributed by atoms with Crippen molar-refractivity contribution >= 4 is 46.5 Å². The number of benzene rings is 2. The SMILES string of the molecule is CC(C)CC(NC(=O)Nc1c(F)cccc1F)C(=O)NNc1ccc(Cl)cc1Cl. The molecule has 0 saturated carbocycles. The molecule has 0 saturated heterocycles. The van der Waals surface area contributed by atoms with Gasteiger partial charge >= 0.3 is 6.03 Å². The lowest BCUT2D eigenvalue weighted by Gasteiger charge is -2.21. The van der Waals surface area contributed by atoms with Gasteiger partial charge in [0.2, 0.25) is 0 Å². The van der Waals surface area contributed by atoms with E-state index in [0.717, 1.165) is 12.1 Å². The van der Waals surface area contributed by atoms with Gasteiger partial charge in [-0.3, -0.25) is 15.6 Å². The van der Waals surface area contributed by atoms with Crippen LogP contribution in [0.15, 0.2) is 36.4 Å². The average molecular weight is 445 g/mol. The van der Waals surface area contributed by atoms with Crippen LogP contribution in [0.4, 0.5) is 25.0 Å². The molecule has 29 heavy (non-hydrogen) atoms. The number of hydrazine groups is 1. The number of para-hydroxylation sites is 1. The minimum absolute atomic E-state index is 0.0513. The Bertz CT molecular complexity index is 876. The molecule has 2 aromatic carbocycles. The predicted molar refractivity (Wildman–Crippen MR) is 110 cm³/mol. The van der Waals surface area contributed by atoms with E-state index in [1.807, 2.05) is 13.8 Å². The van der Waals surface area contributed by atoms with Crippen molar-refractivity contribution in [1.82, 2.24) is 10.7 Å². The number of carbonyl (C=O) groups is 2. The van der Waals surface area contributed by atoms with E-state index in [9.17, 15) is 18.4 Å². The Labute approximate surface area is 176 Å². The normalized spacial score (nSPS) is 11.7. The molecular weight excluding hydrogens is 425 g/mol. The van der Waals surface area contributed by atoms with Gasteiger partial charge in [0.1, 0.15) is 23.4 Å². The summed E-state index contributed by atoms with van der Waals surface area (Å²) in [5.41, 5.74) is 4.91.